The van der Waals surface area contributed by atoms with E-state index >= 15 is 0 Å². The predicted molar refractivity (Wildman–Crippen MR) is 77.0 cm³/mol. The quantitative estimate of drug-likeness (QED) is 0.631. The third kappa shape index (κ3) is 3.32. The highest BCUT2D eigenvalue weighted by molar-refractivity contribution is 5.99. The van der Waals surface area contributed by atoms with Gasteiger partial charge < -0.3 is 4.74 Å². The van der Waals surface area contributed by atoms with Gasteiger partial charge in [0.15, 0.2) is 12.4 Å². The second kappa shape index (κ2) is 6.15. The Hall–Kier alpha value is -2.42. The first-order valence-corrected chi connectivity index (χ1v) is 6.40. The number of benzene rings is 2. The van der Waals surface area contributed by atoms with Crippen LogP contribution in [0.3, 0.4) is 0 Å². The van der Waals surface area contributed by atoms with Crippen molar-refractivity contribution in [2.45, 2.75) is 13.8 Å². The van der Waals surface area contributed by atoms with Gasteiger partial charge in [-0.15, -0.1) is 0 Å². The zero-order valence-corrected chi connectivity index (χ0v) is 11.6. The van der Waals surface area contributed by atoms with Gasteiger partial charge in [0.25, 0.3) is 0 Å². The molecule has 0 aliphatic rings. The van der Waals surface area contributed by atoms with E-state index in [9.17, 15) is 9.59 Å². The second-order valence-electron chi connectivity index (χ2n) is 4.68. The van der Waals surface area contributed by atoms with Crippen molar-refractivity contribution in [2.24, 2.45) is 0 Å². The third-order valence-electron chi connectivity index (χ3n) is 3.04. The fourth-order valence-corrected chi connectivity index (χ4v) is 1.87. The van der Waals surface area contributed by atoms with E-state index in [2.05, 4.69) is 0 Å². The Morgan fingerprint density at radius 1 is 1.00 bits per heavy atom. The van der Waals surface area contributed by atoms with Gasteiger partial charge in [0.2, 0.25) is 0 Å². The van der Waals surface area contributed by atoms with Gasteiger partial charge in [-0.3, -0.25) is 4.79 Å². The molecule has 0 N–H and O–H groups in total. The number of rotatable bonds is 4. The normalized spacial score (nSPS) is 10.1. The number of esters is 1. The minimum Gasteiger partial charge on any atom is -0.454 e. The van der Waals surface area contributed by atoms with Crippen LogP contribution < -0.4 is 0 Å². The Balaban J connectivity index is 2.02. The van der Waals surface area contributed by atoms with E-state index in [1.165, 1.54) is 0 Å². The molecule has 0 amide bonds. The number of hydrogen-bond acceptors (Lipinski definition) is 3. The van der Waals surface area contributed by atoms with Crippen LogP contribution in [0.2, 0.25) is 0 Å². The summed E-state index contributed by atoms with van der Waals surface area (Å²) in [7, 11) is 0. The molecule has 0 saturated heterocycles. The summed E-state index contributed by atoms with van der Waals surface area (Å²) in [4.78, 5) is 23.8. The first-order chi connectivity index (χ1) is 9.58. The molecule has 0 unspecified atom stereocenters. The van der Waals surface area contributed by atoms with Crippen LogP contribution in [0.4, 0.5) is 0 Å². The molecule has 102 valence electrons. The van der Waals surface area contributed by atoms with Crippen molar-refractivity contribution in [3.63, 3.8) is 0 Å². The summed E-state index contributed by atoms with van der Waals surface area (Å²) < 4.78 is 5.09. The first-order valence-electron chi connectivity index (χ1n) is 6.40. The Morgan fingerprint density at radius 3 is 2.40 bits per heavy atom. The molecule has 0 spiro atoms. The zero-order valence-electron chi connectivity index (χ0n) is 11.6. The minimum absolute atomic E-state index is 0.204. The standard InChI is InChI=1S/C17H16O3/c1-12-8-9-13(2)15(10-12)17(19)20-11-16(18)14-6-4-3-5-7-14/h3-10H,11H2,1-2H3. The highest BCUT2D eigenvalue weighted by Crippen LogP contribution is 2.12. The van der Waals surface area contributed by atoms with Crippen molar-refractivity contribution in [3.8, 4) is 0 Å². The van der Waals surface area contributed by atoms with Crippen LogP contribution in [-0.2, 0) is 4.74 Å². The van der Waals surface area contributed by atoms with Crippen molar-refractivity contribution in [1.29, 1.82) is 0 Å². The Morgan fingerprint density at radius 2 is 1.70 bits per heavy atom. The molecule has 0 atom stereocenters. The summed E-state index contributed by atoms with van der Waals surface area (Å²) in [5.41, 5.74) is 2.87. The van der Waals surface area contributed by atoms with E-state index in [0.29, 0.717) is 11.1 Å². The maximum atomic E-state index is 12.0. The van der Waals surface area contributed by atoms with Crippen LogP contribution in [0.25, 0.3) is 0 Å². The van der Waals surface area contributed by atoms with E-state index < -0.39 is 5.97 Å². The maximum absolute atomic E-state index is 12.0. The van der Waals surface area contributed by atoms with Crippen LogP contribution >= 0.6 is 0 Å². The molecule has 0 fully saturated rings. The Labute approximate surface area is 118 Å². The van der Waals surface area contributed by atoms with E-state index in [1.54, 1.807) is 30.3 Å². The molecule has 0 aliphatic heterocycles. The van der Waals surface area contributed by atoms with Gasteiger partial charge in [-0.2, -0.15) is 0 Å². The number of Topliss-reactive ketones (excluding diaryl/α,β-unsaturated/α-hetero) is 1. The monoisotopic (exact) mass is 268 g/mol. The fraction of sp³-hybridized carbons (Fsp3) is 0.176. The van der Waals surface area contributed by atoms with Crippen molar-refractivity contribution in [1.82, 2.24) is 0 Å². The molecule has 0 bridgehead atoms. The number of carbonyl (C=O) groups excluding carboxylic acids is 2. The molecule has 3 nitrogen and oxygen atoms in total. The highest BCUT2D eigenvalue weighted by Gasteiger charge is 2.13. The largest absolute Gasteiger partial charge is 0.454 e. The van der Waals surface area contributed by atoms with Crippen LogP contribution in [0, 0.1) is 13.8 Å². The first kappa shape index (κ1) is 14.0. The number of hydrogen-bond donors (Lipinski definition) is 0. The molecule has 0 aliphatic carbocycles. The Kier molecular flexibility index (Phi) is 4.31. The van der Waals surface area contributed by atoms with Crippen molar-refractivity contribution >= 4 is 11.8 Å². The number of aryl methyl sites for hydroxylation is 2. The molecule has 2 aromatic rings. The lowest BCUT2D eigenvalue weighted by Crippen LogP contribution is -2.15. The van der Waals surface area contributed by atoms with Crippen LogP contribution in [0.5, 0.6) is 0 Å². The number of ether oxygens (including phenoxy) is 1. The molecule has 20 heavy (non-hydrogen) atoms. The highest BCUT2D eigenvalue weighted by atomic mass is 16.5. The molecule has 2 rings (SSSR count). The van der Waals surface area contributed by atoms with Crippen molar-refractivity contribution in [3.05, 3.63) is 70.8 Å². The Bertz CT molecular complexity index is 630. The summed E-state index contributed by atoms with van der Waals surface area (Å²) in [6.45, 7) is 3.51. The smallest absolute Gasteiger partial charge is 0.338 e. The molecular formula is C17H16O3. The van der Waals surface area contributed by atoms with Gasteiger partial charge >= 0.3 is 5.97 Å². The predicted octanol–water partition coefficient (Wildman–Crippen LogP) is 3.34. The average Bonchev–Trinajstić information content (AvgIpc) is 2.47. The van der Waals surface area contributed by atoms with Gasteiger partial charge in [0, 0.05) is 5.56 Å². The lowest BCUT2D eigenvalue weighted by molar-refractivity contribution is 0.0474. The van der Waals surface area contributed by atoms with Gasteiger partial charge in [-0.05, 0) is 25.5 Å². The molecule has 3 heteroatoms. The van der Waals surface area contributed by atoms with Gasteiger partial charge in [0.05, 0.1) is 5.56 Å². The fourth-order valence-electron chi connectivity index (χ4n) is 1.87. The van der Waals surface area contributed by atoms with E-state index in [0.717, 1.165) is 11.1 Å². The molecule has 0 saturated carbocycles. The van der Waals surface area contributed by atoms with Gasteiger partial charge in [0.1, 0.15) is 0 Å². The van der Waals surface area contributed by atoms with Crippen LogP contribution in [-0.4, -0.2) is 18.4 Å². The van der Waals surface area contributed by atoms with E-state index in [4.69, 9.17) is 4.74 Å². The third-order valence-corrected chi connectivity index (χ3v) is 3.04. The molecule has 0 heterocycles. The number of carbonyl (C=O) groups is 2. The molecule has 0 aromatic heterocycles. The van der Waals surface area contributed by atoms with Crippen molar-refractivity contribution in [2.75, 3.05) is 6.61 Å². The van der Waals surface area contributed by atoms with Crippen LogP contribution in [0.1, 0.15) is 31.8 Å². The molecular weight excluding hydrogens is 252 g/mol. The summed E-state index contributed by atoms with van der Waals surface area (Å²) in [6.07, 6.45) is 0. The van der Waals surface area contributed by atoms with Crippen LogP contribution in [0.15, 0.2) is 48.5 Å². The van der Waals surface area contributed by atoms with Gasteiger partial charge in [-0.1, -0.05) is 48.0 Å². The van der Waals surface area contributed by atoms with Crippen molar-refractivity contribution < 1.29 is 14.3 Å². The average molecular weight is 268 g/mol. The zero-order chi connectivity index (χ0) is 14.5. The topological polar surface area (TPSA) is 43.4 Å². The minimum atomic E-state index is -0.463. The summed E-state index contributed by atoms with van der Waals surface area (Å²) in [5, 5.41) is 0. The summed E-state index contributed by atoms with van der Waals surface area (Å²) in [6, 6.07) is 14.4. The second-order valence-corrected chi connectivity index (χ2v) is 4.68. The van der Waals surface area contributed by atoms with Gasteiger partial charge in [-0.25, -0.2) is 4.79 Å². The lowest BCUT2D eigenvalue weighted by Gasteiger charge is -2.07. The SMILES string of the molecule is Cc1ccc(C)c(C(=O)OCC(=O)c2ccccc2)c1. The number of ketones is 1. The summed E-state index contributed by atoms with van der Waals surface area (Å²) in [5.74, 6) is -0.667. The maximum Gasteiger partial charge on any atom is 0.338 e. The molecule has 0 radical (unpaired) electrons. The lowest BCUT2D eigenvalue weighted by atomic mass is 10.1. The van der Waals surface area contributed by atoms with E-state index in [-0.39, 0.29) is 12.4 Å². The summed E-state index contributed by atoms with van der Waals surface area (Å²) >= 11 is 0. The molecule has 2 aromatic carbocycles. The van der Waals surface area contributed by atoms with E-state index in [1.807, 2.05) is 32.0 Å².